The lowest BCUT2D eigenvalue weighted by Gasteiger charge is -2.37. The summed E-state index contributed by atoms with van der Waals surface area (Å²) >= 11 is 0. The fourth-order valence-electron chi connectivity index (χ4n) is 4.81. The van der Waals surface area contributed by atoms with Gasteiger partial charge in [0.05, 0.1) is 25.6 Å². The van der Waals surface area contributed by atoms with E-state index in [0.717, 1.165) is 12.8 Å². The first kappa shape index (κ1) is 26.6. The van der Waals surface area contributed by atoms with E-state index in [4.69, 9.17) is 4.74 Å². The van der Waals surface area contributed by atoms with E-state index >= 15 is 0 Å². The predicted octanol–water partition coefficient (Wildman–Crippen LogP) is 2.94. The number of nitrogens with zero attached hydrogens (tertiary/aromatic N) is 4. The molecule has 0 aromatic carbocycles. The molecule has 0 saturated heterocycles. The Kier molecular flexibility index (Phi) is 8.78. The van der Waals surface area contributed by atoms with E-state index in [1.807, 2.05) is 32.0 Å². The molecule has 4 rings (SSSR count). The van der Waals surface area contributed by atoms with Gasteiger partial charge in [-0.15, -0.1) is 0 Å². The number of carbonyl (C=O) groups is 2. The summed E-state index contributed by atoms with van der Waals surface area (Å²) in [6, 6.07) is 6.87. The van der Waals surface area contributed by atoms with Crippen LogP contribution in [0, 0.1) is 23.7 Å². The molecule has 3 heterocycles. The Bertz CT molecular complexity index is 1150. The number of ether oxygens (including phenoxy) is 1. The molecule has 0 unspecified atom stereocenters. The number of aliphatic hydroxyl groups excluding tert-OH is 1. The Morgan fingerprint density at radius 1 is 1.30 bits per heavy atom. The van der Waals surface area contributed by atoms with Crippen LogP contribution in [0.15, 0.2) is 36.7 Å². The number of carbonyl (C=O) groups excluding carboxylic acids is 2. The monoisotopic (exact) mass is 504 g/mol. The lowest BCUT2D eigenvalue weighted by atomic mass is 9.99. The van der Waals surface area contributed by atoms with Crippen molar-refractivity contribution in [2.75, 3.05) is 26.7 Å². The number of rotatable bonds is 6. The zero-order chi connectivity index (χ0) is 26.4. The third-order valence-electron chi connectivity index (χ3n) is 7.23. The second-order valence-corrected chi connectivity index (χ2v) is 10.2. The van der Waals surface area contributed by atoms with Crippen molar-refractivity contribution < 1.29 is 19.4 Å². The van der Waals surface area contributed by atoms with E-state index in [1.165, 1.54) is 12.8 Å². The maximum atomic E-state index is 13.6. The van der Waals surface area contributed by atoms with Crippen molar-refractivity contribution in [2.24, 2.45) is 11.8 Å². The van der Waals surface area contributed by atoms with Gasteiger partial charge in [-0.1, -0.05) is 37.7 Å². The maximum absolute atomic E-state index is 13.6. The van der Waals surface area contributed by atoms with Crippen LogP contribution in [0.5, 0.6) is 5.88 Å². The molecule has 1 aliphatic carbocycles. The molecule has 2 aromatic heterocycles. The normalized spacial score (nSPS) is 20.6. The van der Waals surface area contributed by atoms with Gasteiger partial charge < -0.3 is 19.6 Å². The summed E-state index contributed by atoms with van der Waals surface area (Å²) in [5.41, 5.74) is 1.71. The third kappa shape index (κ3) is 6.66. The third-order valence-corrected chi connectivity index (χ3v) is 7.23. The molecule has 2 amide bonds. The molecule has 1 aliphatic heterocycles. The van der Waals surface area contributed by atoms with Crippen molar-refractivity contribution in [3.63, 3.8) is 0 Å². The van der Waals surface area contributed by atoms with Crippen molar-refractivity contribution in [2.45, 2.75) is 58.1 Å². The van der Waals surface area contributed by atoms with Gasteiger partial charge in [-0.2, -0.15) is 0 Å². The minimum absolute atomic E-state index is 0.0704. The molecule has 2 aromatic rings. The number of amides is 2. The molecule has 37 heavy (non-hydrogen) atoms. The highest BCUT2D eigenvalue weighted by Crippen LogP contribution is 2.28. The van der Waals surface area contributed by atoms with Gasteiger partial charge in [-0.25, -0.2) is 4.98 Å². The summed E-state index contributed by atoms with van der Waals surface area (Å²) in [4.78, 5) is 38.5. The Morgan fingerprint density at radius 3 is 2.78 bits per heavy atom. The highest BCUT2D eigenvalue weighted by atomic mass is 16.5. The molecule has 1 N–H and O–H groups in total. The summed E-state index contributed by atoms with van der Waals surface area (Å²) in [6.07, 6.45) is 7.76. The van der Waals surface area contributed by atoms with Gasteiger partial charge in [0, 0.05) is 49.1 Å². The van der Waals surface area contributed by atoms with Crippen molar-refractivity contribution in [1.82, 2.24) is 19.8 Å². The second-order valence-electron chi connectivity index (χ2n) is 10.2. The average Bonchev–Trinajstić information content (AvgIpc) is 3.43. The summed E-state index contributed by atoms with van der Waals surface area (Å²) in [7, 11) is 1.75. The van der Waals surface area contributed by atoms with Crippen molar-refractivity contribution in [3.05, 3.63) is 53.5 Å². The first-order chi connectivity index (χ1) is 17.9. The fourth-order valence-corrected chi connectivity index (χ4v) is 4.81. The zero-order valence-electron chi connectivity index (χ0n) is 21.9. The van der Waals surface area contributed by atoms with Crippen molar-refractivity contribution in [3.8, 4) is 17.7 Å². The fraction of sp³-hybridized carbons (Fsp3) is 0.517. The van der Waals surface area contributed by atoms with E-state index in [9.17, 15) is 14.7 Å². The highest BCUT2D eigenvalue weighted by molar-refractivity contribution is 5.97. The minimum Gasteiger partial charge on any atom is -0.472 e. The Hall–Kier alpha value is -3.44. The number of hydrogen-bond donors (Lipinski definition) is 1. The van der Waals surface area contributed by atoms with Crippen LogP contribution in [-0.2, 0) is 11.2 Å². The van der Waals surface area contributed by atoms with E-state index in [-0.39, 0.29) is 42.7 Å². The van der Waals surface area contributed by atoms with Crippen LogP contribution in [0.4, 0.5) is 0 Å². The molecule has 0 spiro atoms. The van der Waals surface area contributed by atoms with Crippen LogP contribution in [0.2, 0.25) is 0 Å². The van der Waals surface area contributed by atoms with Crippen LogP contribution >= 0.6 is 0 Å². The van der Waals surface area contributed by atoms with Gasteiger partial charge in [0.15, 0.2) is 0 Å². The second kappa shape index (κ2) is 12.2. The van der Waals surface area contributed by atoms with Crippen LogP contribution in [0.25, 0.3) is 0 Å². The van der Waals surface area contributed by atoms with E-state index < -0.39 is 6.10 Å². The Morgan fingerprint density at radius 2 is 2.08 bits per heavy atom. The largest absolute Gasteiger partial charge is 0.472 e. The van der Waals surface area contributed by atoms with Crippen LogP contribution in [0.1, 0.15) is 61.1 Å². The molecule has 3 atom stereocenters. The highest BCUT2D eigenvalue weighted by Gasteiger charge is 2.34. The van der Waals surface area contributed by atoms with Gasteiger partial charge in [-0.3, -0.25) is 14.6 Å². The SMILES string of the molecule is C[C@H]1CN([C@@H](C)CO)C(=O)c2cc(C#CC3CCCC3)cnc2O[C@@H]1CN(C)C(=O)Cc1ccccn1. The lowest BCUT2D eigenvalue weighted by Crippen LogP contribution is -2.50. The summed E-state index contributed by atoms with van der Waals surface area (Å²) in [5.74, 6) is 6.72. The topological polar surface area (TPSA) is 95.9 Å². The van der Waals surface area contributed by atoms with Crippen LogP contribution in [0.3, 0.4) is 0 Å². The van der Waals surface area contributed by atoms with Crippen molar-refractivity contribution >= 4 is 11.8 Å². The molecule has 196 valence electrons. The van der Waals surface area contributed by atoms with Gasteiger partial charge in [-0.05, 0) is 38.0 Å². The Labute approximate surface area is 219 Å². The first-order valence-corrected chi connectivity index (χ1v) is 13.1. The van der Waals surface area contributed by atoms with Gasteiger partial charge >= 0.3 is 0 Å². The van der Waals surface area contributed by atoms with E-state index in [0.29, 0.717) is 35.8 Å². The summed E-state index contributed by atoms with van der Waals surface area (Å²) < 4.78 is 6.31. The maximum Gasteiger partial charge on any atom is 0.259 e. The van der Waals surface area contributed by atoms with Gasteiger partial charge in [0.25, 0.3) is 5.91 Å². The number of likely N-dealkylation sites (N-methyl/N-ethyl adjacent to an activating group) is 1. The standard InChI is InChI=1S/C29H36N4O4/c1-20-17-33(21(2)19-34)29(36)25-14-23(12-11-22-8-4-5-9-22)16-31-28(25)37-26(20)18-32(3)27(35)15-24-10-6-7-13-30-24/h6-7,10,13-14,16,20-22,26,34H,4-5,8-9,15,17-19H2,1-3H3/t20-,21-,26+/m0/s1. The molecule has 2 aliphatic rings. The molecule has 8 nitrogen and oxygen atoms in total. The van der Waals surface area contributed by atoms with Gasteiger partial charge in [0.2, 0.25) is 11.8 Å². The number of aliphatic hydroxyl groups is 1. The molecule has 1 fully saturated rings. The number of fused-ring (bicyclic) bond motifs is 1. The molecule has 0 radical (unpaired) electrons. The number of aromatic nitrogens is 2. The molecular formula is C29H36N4O4. The lowest BCUT2D eigenvalue weighted by molar-refractivity contribution is -0.130. The number of pyridine rings is 2. The summed E-state index contributed by atoms with van der Waals surface area (Å²) in [5, 5.41) is 9.86. The first-order valence-electron chi connectivity index (χ1n) is 13.1. The van der Waals surface area contributed by atoms with E-state index in [2.05, 4.69) is 21.8 Å². The van der Waals surface area contributed by atoms with Crippen LogP contribution < -0.4 is 4.74 Å². The quantitative estimate of drug-likeness (QED) is 0.608. The van der Waals surface area contributed by atoms with Crippen LogP contribution in [-0.4, -0.2) is 75.6 Å². The average molecular weight is 505 g/mol. The van der Waals surface area contributed by atoms with E-state index in [1.54, 1.807) is 35.3 Å². The van der Waals surface area contributed by atoms with Gasteiger partial charge in [0.1, 0.15) is 11.7 Å². The molecule has 1 saturated carbocycles. The molecule has 0 bridgehead atoms. The van der Waals surface area contributed by atoms with Crippen molar-refractivity contribution in [1.29, 1.82) is 0 Å². The molecular weight excluding hydrogens is 468 g/mol. The summed E-state index contributed by atoms with van der Waals surface area (Å²) in [6.45, 7) is 4.36. The minimum atomic E-state index is -0.402. The smallest absolute Gasteiger partial charge is 0.259 e. The predicted molar refractivity (Wildman–Crippen MR) is 140 cm³/mol. The Balaban J connectivity index is 1.58. The zero-order valence-corrected chi connectivity index (χ0v) is 21.9. The molecule has 8 heteroatoms. The number of hydrogen-bond acceptors (Lipinski definition) is 6.